The van der Waals surface area contributed by atoms with E-state index in [0.29, 0.717) is 21.9 Å². The summed E-state index contributed by atoms with van der Waals surface area (Å²) in [6, 6.07) is 4.84. The first-order chi connectivity index (χ1) is 16.1. The van der Waals surface area contributed by atoms with Gasteiger partial charge in [0.05, 0.1) is 27.2 Å². The van der Waals surface area contributed by atoms with Crippen LogP contribution in [0.1, 0.15) is 18.4 Å². The summed E-state index contributed by atoms with van der Waals surface area (Å²) >= 11 is 19.1. The van der Waals surface area contributed by atoms with Gasteiger partial charge in [0, 0.05) is 30.8 Å². The normalized spacial score (nSPS) is 17.6. The number of allylic oxidation sites excluding steroid dienone is 1. The van der Waals surface area contributed by atoms with Gasteiger partial charge in [-0.05, 0) is 36.6 Å². The summed E-state index contributed by atoms with van der Waals surface area (Å²) in [5.74, 6) is -2.54. The number of aryl methyl sites for hydroxylation is 1. The molecular weight excluding hydrogens is 509 g/mol. The minimum absolute atomic E-state index is 0.0733. The van der Waals surface area contributed by atoms with Gasteiger partial charge >= 0.3 is 0 Å². The highest BCUT2D eigenvalue weighted by molar-refractivity contribution is 6.36. The lowest BCUT2D eigenvalue weighted by molar-refractivity contribution is 0.0378. The number of imidazole rings is 1. The number of alkyl halides is 2. The van der Waals surface area contributed by atoms with Crippen LogP contribution in [0.2, 0.25) is 15.1 Å². The molecule has 0 bridgehead atoms. The molecule has 5 rings (SSSR count). The highest BCUT2D eigenvalue weighted by Gasteiger charge is 2.43. The summed E-state index contributed by atoms with van der Waals surface area (Å²) in [4.78, 5) is 8.86. The number of ether oxygens (including phenoxy) is 1. The van der Waals surface area contributed by atoms with E-state index in [1.807, 2.05) is 19.2 Å². The molecule has 3 heterocycles. The Morgan fingerprint density at radius 1 is 1.15 bits per heavy atom. The molecule has 6 nitrogen and oxygen atoms in total. The van der Waals surface area contributed by atoms with E-state index in [-0.39, 0.29) is 58.4 Å². The first kappa shape index (κ1) is 23.1. The molecule has 0 spiro atoms. The number of hydrogen-bond acceptors (Lipinski definition) is 5. The van der Waals surface area contributed by atoms with E-state index >= 15 is 0 Å². The van der Waals surface area contributed by atoms with E-state index in [4.69, 9.17) is 44.1 Å². The summed E-state index contributed by atoms with van der Waals surface area (Å²) in [6.07, 6.45) is 3.54. The van der Waals surface area contributed by atoms with Crippen LogP contribution in [0.3, 0.4) is 0 Å². The lowest BCUT2D eigenvalue weighted by atomic mass is 10.1. The summed E-state index contributed by atoms with van der Waals surface area (Å²) < 4.78 is 40.2. The molecule has 1 fully saturated rings. The Bertz CT molecular complexity index is 1430. The summed E-state index contributed by atoms with van der Waals surface area (Å²) in [6.45, 7) is 5.45. The van der Waals surface area contributed by atoms with Crippen molar-refractivity contribution in [1.82, 2.24) is 19.5 Å². The predicted octanol–water partition coefficient (Wildman–Crippen LogP) is 7.30. The topological polar surface area (TPSA) is 65.5 Å². The SMILES string of the molecule is C=C1C[C@H](COc2cc(Cl)c(-c3nc(-c4cn5cc(C)cc(Cl)c5n4)no3)cc2Cl)CC1(F)F. The number of benzene rings is 1. The maximum atomic E-state index is 13.7. The molecule has 1 atom stereocenters. The molecule has 176 valence electrons. The highest BCUT2D eigenvalue weighted by Crippen LogP contribution is 2.43. The van der Waals surface area contributed by atoms with Gasteiger partial charge in [-0.25, -0.2) is 13.8 Å². The van der Waals surface area contributed by atoms with Gasteiger partial charge in [0.1, 0.15) is 11.4 Å². The van der Waals surface area contributed by atoms with Crippen LogP contribution >= 0.6 is 34.8 Å². The minimum atomic E-state index is -2.86. The third-order valence-electron chi connectivity index (χ3n) is 5.62. The predicted molar refractivity (Wildman–Crippen MR) is 126 cm³/mol. The van der Waals surface area contributed by atoms with Crippen molar-refractivity contribution in [3.8, 4) is 28.7 Å². The average molecular weight is 526 g/mol. The Balaban J connectivity index is 1.36. The summed E-state index contributed by atoms with van der Waals surface area (Å²) in [5, 5.41) is 4.99. The molecule has 0 aliphatic heterocycles. The number of hydrogen-bond donors (Lipinski definition) is 0. The van der Waals surface area contributed by atoms with Gasteiger partial charge in [-0.2, -0.15) is 4.98 Å². The number of aromatic nitrogens is 4. The van der Waals surface area contributed by atoms with Crippen molar-refractivity contribution in [2.45, 2.75) is 25.7 Å². The third kappa shape index (κ3) is 4.26. The Morgan fingerprint density at radius 2 is 1.94 bits per heavy atom. The smallest absolute Gasteiger partial charge is 0.269 e. The van der Waals surface area contributed by atoms with Gasteiger partial charge in [0.15, 0.2) is 5.65 Å². The van der Waals surface area contributed by atoms with Crippen LogP contribution in [-0.4, -0.2) is 32.1 Å². The Hall–Kier alpha value is -2.68. The molecule has 1 aliphatic carbocycles. The van der Waals surface area contributed by atoms with Gasteiger partial charge < -0.3 is 13.7 Å². The van der Waals surface area contributed by atoms with Crippen molar-refractivity contribution in [2.75, 3.05) is 6.61 Å². The highest BCUT2D eigenvalue weighted by atomic mass is 35.5. The number of fused-ring (bicyclic) bond motifs is 1. The van der Waals surface area contributed by atoms with Crippen LogP contribution in [0.25, 0.3) is 28.6 Å². The van der Waals surface area contributed by atoms with Crippen molar-refractivity contribution < 1.29 is 18.0 Å². The molecule has 0 radical (unpaired) electrons. The molecule has 1 aliphatic rings. The van der Waals surface area contributed by atoms with Crippen molar-refractivity contribution >= 4 is 40.4 Å². The molecule has 1 saturated carbocycles. The third-order valence-corrected chi connectivity index (χ3v) is 6.51. The number of pyridine rings is 1. The first-order valence-electron chi connectivity index (χ1n) is 10.3. The fourth-order valence-electron chi connectivity index (χ4n) is 3.94. The number of halogens is 5. The molecule has 11 heteroatoms. The molecule has 0 unspecified atom stereocenters. The van der Waals surface area contributed by atoms with E-state index in [1.165, 1.54) is 12.1 Å². The molecule has 1 aromatic carbocycles. The van der Waals surface area contributed by atoms with E-state index in [2.05, 4.69) is 21.7 Å². The van der Waals surface area contributed by atoms with Crippen LogP contribution in [0, 0.1) is 12.8 Å². The number of rotatable bonds is 5. The molecule has 3 aromatic heterocycles. The standard InChI is InChI=1S/C23H17Cl3F2N4O2/c1-11-3-17(26)21-29-18(9-32(21)8-11)20-30-22(34-31-20)14-5-16(25)19(6-15(14)24)33-10-13-4-12(2)23(27,28)7-13/h3,5-6,8-9,13H,2,4,7,10H2,1H3/t13-/m0/s1. The second kappa shape index (κ2) is 8.52. The average Bonchev–Trinajstić information content (AvgIpc) is 3.46. The molecule has 0 saturated heterocycles. The van der Waals surface area contributed by atoms with Crippen LogP contribution in [0.5, 0.6) is 5.75 Å². The zero-order valence-electron chi connectivity index (χ0n) is 17.8. The van der Waals surface area contributed by atoms with Gasteiger partial charge in [-0.1, -0.05) is 46.5 Å². The van der Waals surface area contributed by atoms with Crippen LogP contribution in [-0.2, 0) is 0 Å². The van der Waals surface area contributed by atoms with Crippen molar-refractivity contribution in [2.24, 2.45) is 5.92 Å². The van der Waals surface area contributed by atoms with Crippen LogP contribution < -0.4 is 4.74 Å². The largest absolute Gasteiger partial charge is 0.492 e. The Kier molecular flexibility index (Phi) is 5.78. The number of nitrogens with zero attached hydrogens (tertiary/aromatic N) is 4. The second-order valence-electron chi connectivity index (χ2n) is 8.30. The fourth-order valence-corrected chi connectivity index (χ4v) is 4.70. The maximum absolute atomic E-state index is 13.7. The first-order valence-corrected chi connectivity index (χ1v) is 11.4. The van der Waals surface area contributed by atoms with Gasteiger partial charge in [0.2, 0.25) is 5.82 Å². The lowest BCUT2D eigenvalue weighted by Crippen LogP contribution is -2.14. The van der Waals surface area contributed by atoms with Crippen LogP contribution in [0.4, 0.5) is 8.78 Å². The fraction of sp³-hybridized carbons (Fsp3) is 0.261. The van der Waals surface area contributed by atoms with E-state index < -0.39 is 5.92 Å². The second-order valence-corrected chi connectivity index (χ2v) is 9.52. The molecule has 4 aromatic rings. The zero-order valence-corrected chi connectivity index (χ0v) is 20.1. The van der Waals surface area contributed by atoms with Gasteiger partial charge in [-0.15, -0.1) is 0 Å². The van der Waals surface area contributed by atoms with E-state index in [9.17, 15) is 8.78 Å². The molecule has 0 N–H and O–H groups in total. The summed E-state index contributed by atoms with van der Waals surface area (Å²) in [5.41, 5.74) is 2.34. The van der Waals surface area contributed by atoms with Crippen molar-refractivity contribution in [3.05, 3.63) is 63.4 Å². The minimum Gasteiger partial charge on any atom is -0.492 e. The zero-order chi connectivity index (χ0) is 24.2. The van der Waals surface area contributed by atoms with Crippen LogP contribution in [0.15, 0.2) is 47.3 Å². The van der Waals surface area contributed by atoms with E-state index in [1.54, 1.807) is 10.6 Å². The van der Waals surface area contributed by atoms with Gasteiger partial charge in [0.25, 0.3) is 11.8 Å². The molecular formula is C23H17Cl3F2N4O2. The van der Waals surface area contributed by atoms with Gasteiger partial charge in [-0.3, -0.25) is 0 Å². The summed E-state index contributed by atoms with van der Waals surface area (Å²) in [7, 11) is 0. The molecule has 0 amide bonds. The Labute approximate surface area is 208 Å². The van der Waals surface area contributed by atoms with Crippen molar-refractivity contribution in [1.29, 1.82) is 0 Å². The monoisotopic (exact) mass is 524 g/mol. The quantitative estimate of drug-likeness (QED) is 0.256. The Morgan fingerprint density at radius 3 is 2.68 bits per heavy atom. The lowest BCUT2D eigenvalue weighted by Gasteiger charge is -2.14. The maximum Gasteiger partial charge on any atom is 0.269 e. The van der Waals surface area contributed by atoms with E-state index in [0.717, 1.165) is 5.56 Å². The van der Waals surface area contributed by atoms with Crippen molar-refractivity contribution in [3.63, 3.8) is 0 Å². The molecule has 34 heavy (non-hydrogen) atoms.